The molecule has 1 aromatic heterocycles. The molecule has 2 aromatic carbocycles. The number of benzene rings is 2. The van der Waals surface area contributed by atoms with Crippen LogP contribution in [0, 0.1) is 5.92 Å². The highest BCUT2D eigenvalue weighted by Crippen LogP contribution is 2.35. The van der Waals surface area contributed by atoms with Crippen LogP contribution in [0.15, 0.2) is 60.8 Å². The minimum atomic E-state index is -0.743. The number of amides is 1. The average Bonchev–Trinajstić information content (AvgIpc) is 3.33. The van der Waals surface area contributed by atoms with E-state index < -0.39 is 12.0 Å². The molecule has 2 aliphatic rings. The van der Waals surface area contributed by atoms with Gasteiger partial charge in [0.1, 0.15) is 6.04 Å². The van der Waals surface area contributed by atoms with E-state index >= 15 is 0 Å². The lowest BCUT2D eigenvalue weighted by atomic mass is 9.84. The number of nitrogens with one attached hydrogen (secondary N) is 1. The SMILES string of the molecule is O=C(O)C(C1CCN(C(=O)/C=C/c2ccc(Cl)cc2)CC1)N1CCC(c2c[nH]c3ccccc23)CC1. The summed E-state index contributed by atoms with van der Waals surface area (Å²) in [6.45, 7) is 2.74. The first-order valence-corrected chi connectivity index (χ1v) is 13.1. The van der Waals surface area contributed by atoms with Crippen LogP contribution in [0.25, 0.3) is 17.0 Å². The smallest absolute Gasteiger partial charge is 0.321 e. The van der Waals surface area contributed by atoms with Gasteiger partial charge in [-0.25, -0.2) is 0 Å². The largest absolute Gasteiger partial charge is 0.480 e. The van der Waals surface area contributed by atoms with E-state index in [9.17, 15) is 14.7 Å². The van der Waals surface area contributed by atoms with Crippen LogP contribution in [-0.4, -0.2) is 64.0 Å². The molecule has 5 rings (SSSR count). The van der Waals surface area contributed by atoms with Gasteiger partial charge in [0.05, 0.1) is 0 Å². The minimum Gasteiger partial charge on any atom is -0.480 e. The van der Waals surface area contributed by atoms with Crippen LogP contribution in [0.3, 0.4) is 0 Å². The Morgan fingerprint density at radius 1 is 0.972 bits per heavy atom. The van der Waals surface area contributed by atoms with Crippen LogP contribution in [0.5, 0.6) is 0 Å². The van der Waals surface area contributed by atoms with Gasteiger partial charge in [0.2, 0.25) is 5.91 Å². The maximum Gasteiger partial charge on any atom is 0.321 e. The molecule has 0 bridgehead atoms. The summed E-state index contributed by atoms with van der Waals surface area (Å²) in [5.41, 5.74) is 3.42. The number of fused-ring (bicyclic) bond motifs is 1. The van der Waals surface area contributed by atoms with Gasteiger partial charge in [-0.2, -0.15) is 0 Å². The molecule has 1 atom stereocenters. The summed E-state index contributed by atoms with van der Waals surface area (Å²) in [6, 6.07) is 15.2. The number of rotatable bonds is 6. The van der Waals surface area contributed by atoms with Gasteiger partial charge in [-0.3, -0.25) is 14.5 Å². The third kappa shape index (κ3) is 5.35. The van der Waals surface area contributed by atoms with Gasteiger partial charge >= 0.3 is 5.97 Å². The van der Waals surface area contributed by atoms with Crippen molar-refractivity contribution in [2.75, 3.05) is 26.2 Å². The zero-order valence-electron chi connectivity index (χ0n) is 20.3. The van der Waals surface area contributed by atoms with Crippen molar-refractivity contribution in [1.82, 2.24) is 14.8 Å². The molecule has 1 unspecified atom stereocenters. The van der Waals surface area contributed by atoms with Crippen LogP contribution in [-0.2, 0) is 9.59 Å². The topological polar surface area (TPSA) is 76.6 Å². The highest BCUT2D eigenvalue weighted by atomic mass is 35.5. The van der Waals surface area contributed by atoms with Crippen molar-refractivity contribution in [2.24, 2.45) is 5.92 Å². The highest BCUT2D eigenvalue weighted by molar-refractivity contribution is 6.30. The number of hydrogen-bond acceptors (Lipinski definition) is 3. The molecular formula is C29H32ClN3O3. The molecule has 2 saturated heterocycles. The van der Waals surface area contributed by atoms with E-state index in [0.29, 0.717) is 36.9 Å². The van der Waals surface area contributed by atoms with Crippen molar-refractivity contribution in [3.63, 3.8) is 0 Å². The highest BCUT2D eigenvalue weighted by Gasteiger charge is 2.38. The lowest BCUT2D eigenvalue weighted by molar-refractivity contribution is -0.147. The Hall–Kier alpha value is -3.09. The standard InChI is InChI=1S/C29H32ClN3O3/c30-23-8-5-20(6-9-23)7-10-27(34)32-15-13-22(14-16-32)28(29(35)36)33-17-11-21(12-18-33)25-19-31-26-4-2-1-3-24(25)26/h1-10,19,21-22,28,31H,11-18H2,(H,35,36)/b10-7+. The number of aromatic amines is 1. The fourth-order valence-electron chi connectivity index (χ4n) is 5.86. The zero-order chi connectivity index (χ0) is 25.1. The van der Waals surface area contributed by atoms with Gasteiger partial charge < -0.3 is 15.0 Å². The second-order valence-corrected chi connectivity index (χ2v) is 10.4. The number of likely N-dealkylation sites (tertiary alicyclic amines) is 2. The number of aliphatic carboxylic acids is 1. The Bertz CT molecular complexity index is 1240. The first kappa shape index (κ1) is 24.6. The van der Waals surface area contributed by atoms with Crippen molar-refractivity contribution < 1.29 is 14.7 Å². The summed E-state index contributed by atoms with van der Waals surface area (Å²) in [5, 5.41) is 12.1. The third-order valence-electron chi connectivity index (χ3n) is 7.82. The number of halogens is 1. The van der Waals surface area contributed by atoms with Crippen LogP contribution in [0.4, 0.5) is 0 Å². The maximum absolute atomic E-state index is 12.7. The summed E-state index contributed by atoms with van der Waals surface area (Å²) in [6.07, 6.45) is 8.83. The van der Waals surface area contributed by atoms with E-state index in [-0.39, 0.29) is 11.8 Å². The van der Waals surface area contributed by atoms with Gasteiger partial charge in [0.15, 0.2) is 0 Å². The second-order valence-electron chi connectivity index (χ2n) is 9.93. The van der Waals surface area contributed by atoms with Crippen molar-refractivity contribution in [2.45, 2.75) is 37.6 Å². The molecule has 36 heavy (non-hydrogen) atoms. The van der Waals surface area contributed by atoms with Gasteiger partial charge in [-0.05, 0) is 86.0 Å². The summed E-state index contributed by atoms with van der Waals surface area (Å²) >= 11 is 5.92. The quantitative estimate of drug-likeness (QED) is 0.439. The van der Waals surface area contributed by atoms with Gasteiger partial charge in [-0.15, -0.1) is 0 Å². The normalized spacial score (nSPS) is 19.2. The molecule has 6 nitrogen and oxygen atoms in total. The van der Waals surface area contributed by atoms with Crippen LogP contribution in [0.2, 0.25) is 5.02 Å². The van der Waals surface area contributed by atoms with Gasteiger partial charge in [-0.1, -0.05) is 41.9 Å². The van der Waals surface area contributed by atoms with Crippen molar-refractivity contribution >= 4 is 40.5 Å². The van der Waals surface area contributed by atoms with E-state index in [1.54, 1.807) is 24.3 Å². The zero-order valence-corrected chi connectivity index (χ0v) is 21.0. The number of aromatic nitrogens is 1. The number of carbonyl (C=O) groups is 2. The molecule has 0 spiro atoms. The summed E-state index contributed by atoms with van der Waals surface area (Å²) in [5.74, 6) is -0.280. The van der Waals surface area contributed by atoms with Crippen molar-refractivity contribution in [3.05, 3.63) is 77.0 Å². The van der Waals surface area contributed by atoms with Gasteiger partial charge in [0, 0.05) is 41.3 Å². The molecule has 2 aliphatic heterocycles. The van der Waals surface area contributed by atoms with Crippen LogP contribution in [0.1, 0.15) is 42.7 Å². The predicted octanol–water partition coefficient (Wildman–Crippen LogP) is 5.41. The molecule has 1 amide bonds. The number of para-hydroxylation sites is 1. The molecule has 2 N–H and O–H groups in total. The molecule has 2 fully saturated rings. The number of piperidine rings is 2. The number of carbonyl (C=O) groups excluding carboxylic acids is 1. The molecule has 0 radical (unpaired) electrons. The van der Waals surface area contributed by atoms with E-state index in [4.69, 9.17) is 11.6 Å². The number of hydrogen-bond donors (Lipinski definition) is 2. The van der Waals surface area contributed by atoms with Gasteiger partial charge in [0.25, 0.3) is 0 Å². The summed E-state index contributed by atoms with van der Waals surface area (Å²) in [7, 11) is 0. The number of carboxylic acid groups (broad SMARTS) is 1. The van der Waals surface area contributed by atoms with Crippen LogP contribution >= 0.6 is 11.6 Å². The molecule has 3 heterocycles. The van der Waals surface area contributed by atoms with E-state index in [2.05, 4.69) is 34.3 Å². The summed E-state index contributed by atoms with van der Waals surface area (Å²) in [4.78, 5) is 32.4. The first-order valence-electron chi connectivity index (χ1n) is 12.7. The fraction of sp³-hybridized carbons (Fsp3) is 0.379. The number of carboxylic acids is 1. The van der Waals surface area contributed by atoms with E-state index in [1.165, 1.54) is 10.9 Å². The Morgan fingerprint density at radius 3 is 2.36 bits per heavy atom. The Kier molecular flexibility index (Phi) is 7.44. The fourth-order valence-corrected chi connectivity index (χ4v) is 5.98. The second kappa shape index (κ2) is 10.9. The minimum absolute atomic E-state index is 0.0326. The monoisotopic (exact) mass is 505 g/mol. The average molecular weight is 506 g/mol. The first-order chi connectivity index (χ1) is 17.5. The molecule has 0 aliphatic carbocycles. The number of nitrogens with zero attached hydrogens (tertiary/aromatic N) is 2. The molecule has 7 heteroatoms. The van der Waals surface area contributed by atoms with Crippen molar-refractivity contribution in [1.29, 1.82) is 0 Å². The Morgan fingerprint density at radius 2 is 1.67 bits per heavy atom. The third-order valence-corrected chi connectivity index (χ3v) is 8.08. The molecule has 188 valence electrons. The van der Waals surface area contributed by atoms with Crippen molar-refractivity contribution in [3.8, 4) is 0 Å². The predicted molar refractivity (Wildman–Crippen MR) is 143 cm³/mol. The van der Waals surface area contributed by atoms with E-state index in [0.717, 1.165) is 37.0 Å². The molecule has 3 aromatic rings. The molecular weight excluding hydrogens is 474 g/mol. The Balaban J connectivity index is 1.16. The van der Waals surface area contributed by atoms with Crippen LogP contribution < -0.4 is 0 Å². The lowest BCUT2D eigenvalue weighted by Crippen LogP contribution is -2.52. The molecule has 0 saturated carbocycles. The maximum atomic E-state index is 12.7. The number of H-pyrrole nitrogens is 1. The summed E-state index contributed by atoms with van der Waals surface area (Å²) < 4.78 is 0. The van der Waals surface area contributed by atoms with E-state index in [1.807, 2.05) is 23.1 Å². The lowest BCUT2D eigenvalue weighted by Gasteiger charge is -2.41. The Labute approximate surface area is 216 Å².